The van der Waals surface area contributed by atoms with Gasteiger partial charge in [-0.15, -0.1) is 0 Å². The summed E-state index contributed by atoms with van der Waals surface area (Å²) in [5, 5.41) is 0. The second-order valence-corrected chi connectivity index (χ2v) is 5.18. The third-order valence-corrected chi connectivity index (χ3v) is 3.77. The van der Waals surface area contributed by atoms with Gasteiger partial charge in [-0.25, -0.2) is 0 Å². The number of carbonyl (C=O) groups is 2. The zero-order valence-corrected chi connectivity index (χ0v) is 15.7. The van der Waals surface area contributed by atoms with Crippen molar-refractivity contribution in [3.8, 4) is 23.0 Å². The Labute approximate surface area is 156 Å². The van der Waals surface area contributed by atoms with Gasteiger partial charge < -0.3 is 18.6 Å². The number of benzene rings is 1. The number of ether oxygens (including phenoxy) is 3. The fourth-order valence-corrected chi connectivity index (χ4v) is 2.57. The monoisotopic (exact) mass is 372 g/mol. The molecule has 0 fully saturated rings. The van der Waals surface area contributed by atoms with Crippen molar-refractivity contribution in [1.29, 1.82) is 0 Å². The number of rotatable bonds is 4. The second-order valence-electron chi connectivity index (χ2n) is 5.18. The lowest BCUT2D eigenvalue weighted by molar-refractivity contribution is 0.0916. The molecule has 0 amide bonds. The van der Waals surface area contributed by atoms with Gasteiger partial charge in [0.25, 0.3) is 5.95 Å². The summed E-state index contributed by atoms with van der Waals surface area (Å²) < 4.78 is 20.7. The maximum Gasteiger partial charge on any atom is 0.288 e. The zero-order valence-electron chi connectivity index (χ0n) is 15.7. The molecule has 1 heterocycles. The van der Waals surface area contributed by atoms with Gasteiger partial charge in [0.15, 0.2) is 17.0 Å². The normalized spacial score (nSPS) is 12.4. The van der Waals surface area contributed by atoms with E-state index in [4.69, 9.17) is 18.6 Å². The molecule has 0 saturated carbocycles. The molecule has 2 aromatic rings. The van der Waals surface area contributed by atoms with E-state index in [9.17, 15) is 14.4 Å². The Morgan fingerprint density at radius 1 is 0.778 bits per heavy atom. The first-order chi connectivity index (χ1) is 13.0. The van der Waals surface area contributed by atoms with Crippen LogP contribution in [0, 0.1) is 0 Å². The lowest BCUT2D eigenvalue weighted by atomic mass is 9.90. The van der Waals surface area contributed by atoms with Gasteiger partial charge in [0.05, 0.1) is 33.0 Å². The van der Waals surface area contributed by atoms with E-state index in [0.717, 1.165) is 6.08 Å². The minimum Gasteiger partial charge on any atom is -0.496 e. The molecule has 7 nitrogen and oxygen atoms in total. The molecule has 1 aliphatic rings. The van der Waals surface area contributed by atoms with Crippen LogP contribution in [0.1, 0.15) is 34.6 Å². The van der Waals surface area contributed by atoms with Crippen LogP contribution >= 0.6 is 0 Å². The van der Waals surface area contributed by atoms with Gasteiger partial charge in [-0.1, -0.05) is 13.8 Å². The molecule has 0 aliphatic heterocycles. The number of ketones is 2. The quantitative estimate of drug-likeness (QED) is 0.813. The van der Waals surface area contributed by atoms with Crippen molar-refractivity contribution in [1.82, 2.24) is 0 Å². The lowest BCUT2D eigenvalue weighted by Crippen LogP contribution is -2.18. The van der Waals surface area contributed by atoms with Crippen molar-refractivity contribution < 1.29 is 28.2 Å². The topological polar surface area (TPSA) is 92.0 Å². The van der Waals surface area contributed by atoms with E-state index in [-0.39, 0.29) is 45.6 Å². The molecule has 0 bridgehead atoms. The number of Topliss-reactive ketones (excluding diaryl/α,β-unsaturated/α-hetero) is 1. The predicted octanol–water partition coefficient (Wildman–Crippen LogP) is 3.26. The number of methoxy groups -OCH3 is 3. The summed E-state index contributed by atoms with van der Waals surface area (Å²) in [7, 11) is 4.09. The van der Waals surface area contributed by atoms with Crippen molar-refractivity contribution in [2.24, 2.45) is 0 Å². The summed E-state index contributed by atoms with van der Waals surface area (Å²) in [5.41, 5.74) is 0.358. The minimum absolute atomic E-state index is 0.0197. The van der Waals surface area contributed by atoms with E-state index >= 15 is 0 Å². The summed E-state index contributed by atoms with van der Waals surface area (Å²) in [6, 6.07) is 5.32. The highest BCUT2D eigenvalue weighted by molar-refractivity contribution is 6.24. The Bertz CT molecular complexity index is 967. The Balaban J connectivity index is 0.00000126. The minimum atomic E-state index is -0.422. The van der Waals surface area contributed by atoms with Gasteiger partial charge in [-0.2, -0.15) is 0 Å². The molecule has 0 radical (unpaired) electrons. The summed E-state index contributed by atoms with van der Waals surface area (Å²) in [4.78, 5) is 36.5. The number of carbonyl (C=O) groups excluding carboxylic acids is 2. The molecule has 0 spiro atoms. The summed E-state index contributed by atoms with van der Waals surface area (Å²) in [6.45, 7) is 4.00. The van der Waals surface area contributed by atoms with Gasteiger partial charge >= 0.3 is 0 Å². The predicted molar refractivity (Wildman–Crippen MR) is 98.6 cm³/mol. The molecule has 0 unspecified atom stereocenters. The molecule has 3 rings (SSSR count). The molecular weight excluding hydrogens is 352 g/mol. The fraction of sp³-hybridized carbons (Fsp3) is 0.250. The number of fused-ring (bicyclic) bond motifs is 1. The van der Waals surface area contributed by atoms with Gasteiger partial charge in [0.2, 0.25) is 5.78 Å². The van der Waals surface area contributed by atoms with E-state index in [0.29, 0.717) is 5.56 Å². The molecule has 142 valence electrons. The van der Waals surface area contributed by atoms with E-state index < -0.39 is 5.78 Å². The first-order valence-electron chi connectivity index (χ1n) is 8.24. The summed E-state index contributed by atoms with van der Waals surface area (Å²) >= 11 is 0. The highest BCUT2D eigenvalue weighted by Gasteiger charge is 2.29. The zero-order chi connectivity index (χ0) is 20.1. The van der Waals surface area contributed by atoms with E-state index in [2.05, 4.69) is 0 Å². The fourth-order valence-electron chi connectivity index (χ4n) is 2.57. The smallest absolute Gasteiger partial charge is 0.288 e. The summed E-state index contributed by atoms with van der Waals surface area (Å²) in [5.74, 6) is -0.402. The SMILES string of the molecule is CC.COC1=CC(=O)c2cc(-c3cc(=O)cc(OC)o3)c(OC)cc2C1=O. The van der Waals surface area contributed by atoms with Crippen molar-refractivity contribution in [3.05, 3.63) is 57.5 Å². The third-order valence-electron chi connectivity index (χ3n) is 3.77. The van der Waals surface area contributed by atoms with Crippen LogP contribution in [0.4, 0.5) is 0 Å². The highest BCUT2D eigenvalue weighted by atomic mass is 16.6. The maximum absolute atomic E-state index is 12.4. The lowest BCUT2D eigenvalue weighted by Gasteiger charge is -2.17. The number of hydrogen-bond acceptors (Lipinski definition) is 7. The Morgan fingerprint density at radius 2 is 1.48 bits per heavy atom. The van der Waals surface area contributed by atoms with E-state index in [1.165, 1.54) is 45.6 Å². The van der Waals surface area contributed by atoms with Crippen molar-refractivity contribution in [2.45, 2.75) is 13.8 Å². The Morgan fingerprint density at radius 3 is 2.07 bits per heavy atom. The van der Waals surface area contributed by atoms with Crippen molar-refractivity contribution >= 4 is 11.6 Å². The Kier molecular flexibility index (Phi) is 6.18. The molecule has 1 aromatic carbocycles. The van der Waals surface area contributed by atoms with Crippen molar-refractivity contribution in [2.75, 3.05) is 21.3 Å². The van der Waals surface area contributed by atoms with E-state index in [1.54, 1.807) is 0 Å². The van der Waals surface area contributed by atoms with Crippen LogP contribution in [0.15, 0.2) is 45.3 Å². The molecule has 0 saturated heterocycles. The van der Waals surface area contributed by atoms with Gasteiger partial charge in [0, 0.05) is 23.3 Å². The van der Waals surface area contributed by atoms with Crippen molar-refractivity contribution in [3.63, 3.8) is 0 Å². The molecule has 7 heteroatoms. The third kappa shape index (κ3) is 3.76. The molecule has 1 aliphatic carbocycles. The van der Waals surface area contributed by atoms with Crippen LogP contribution in [0.3, 0.4) is 0 Å². The standard InChI is InChI=1S/C18H14O7.C2H6/c1-22-14-7-11-10(13(20)8-16(23-2)18(11)21)6-12(14)15-4-9(19)5-17(24-3)25-15;1-2/h4-8H,1-3H3;1-2H3. The molecule has 0 atom stereocenters. The number of allylic oxidation sites excluding steroid dienone is 2. The molecule has 1 aromatic heterocycles. The van der Waals surface area contributed by atoms with Gasteiger partial charge in [0.1, 0.15) is 11.5 Å². The molecule has 0 N–H and O–H groups in total. The van der Waals surface area contributed by atoms with Crippen LogP contribution in [-0.4, -0.2) is 32.9 Å². The molecule has 27 heavy (non-hydrogen) atoms. The second kappa shape index (κ2) is 8.35. The average molecular weight is 372 g/mol. The van der Waals surface area contributed by atoms with Crippen LogP contribution in [0.25, 0.3) is 11.3 Å². The maximum atomic E-state index is 12.4. The first-order valence-corrected chi connectivity index (χ1v) is 8.24. The van der Waals surface area contributed by atoms with Crippen LogP contribution < -0.4 is 14.9 Å². The van der Waals surface area contributed by atoms with Crippen LogP contribution in [-0.2, 0) is 4.74 Å². The van der Waals surface area contributed by atoms with E-state index in [1.807, 2.05) is 13.8 Å². The van der Waals surface area contributed by atoms with Gasteiger partial charge in [-0.3, -0.25) is 14.4 Å². The first kappa shape index (κ1) is 20.0. The summed E-state index contributed by atoms with van der Waals surface area (Å²) in [6.07, 6.45) is 1.13. The van der Waals surface area contributed by atoms with Crippen LogP contribution in [0.2, 0.25) is 0 Å². The number of hydrogen-bond donors (Lipinski definition) is 0. The molecular formula is C20H20O7. The largest absolute Gasteiger partial charge is 0.496 e. The Hall–Kier alpha value is -3.35. The highest BCUT2D eigenvalue weighted by Crippen LogP contribution is 2.36. The van der Waals surface area contributed by atoms with Gasteiger partial charge in [-0.05, 0) is 12.1 Å². The van der Waals surface area contributed by atoms with Crippen LogP contribution in [0.5, 0.6) is 11.7 Å². The average Bonchev–Trinajstić information content (AvgIpc) is 2.70.